The first-order chi connectivity index (χ1) is 11.3. The van der Waals surface area contributed by atoms with E-state index in [0.717, 1.165) is 38.3 Å². The first kappa shape index (κ1) is 16.1. The average molecular weight is 335 g/mol. The predicted octanol–water partition coefficient (Wildman–Crippen LogP) is 2.62. The maximum absolute atomic E-state index is 12.4. The monoisotopic (exact) mass is 335 g/mol. The van der Waals surface area contributed by atoms with Crippen LogP contribution in [0.25, 0.3) is 11.4 Å². The summed E-state index contributed by atoms with van der Waals surface area (Å²) in [6.45, 7) is 5.08. The van der Waals surface area contributed by atoms with Crippen molar-refractivity contribution < 1.29 is 14.1 Å². The molecule has 0 aliphatic carbocycles. The van der Waals surface area contributed by atoms with Crippen molar-refractivity contribution in [3.8, 4) is 11.4 Å². The van der Waals surface area contributed by atoms with Crippen LogP contribution in [0.3, 0.4) is 0 Å². The molecule has 3 rings (SSSR count). The molecule has 1 saturated heterocycles. The number of aryl methyl sites for hydroxylation is 1. The maximum Gasteiger partial charge on any atom is 0.227 e. The minimum atomic E-state index is 0.134. The Bertz CT molecular complexity index is 620. The van der Waals surface area contributed by atoms with E-state index < -0.39 is 0 Å². The van der Waals surface area contributed by atoms with Crippen molar-refractivity contribution in [3.05, 3.63) is 22.7 Å². The molecule has 1 aliphatic rings. The summed E-state index contributed by atoms with van der Waals surface area (Å²) in [7, 11) is 0. The second-order valence-electron chi connectivity index (χ2n) is 5.69. The lowest BCUT2D eigenvalue weighted by Gasteiger charge is -2.23. The molecule has 0 unspecified atom stereocenters. The summed E-state index contributed by atoms with van der Waals surface area (Å²) in [4.78, 5) is 18.6. The van der Waals surface area contributed by atoms with Crippen LogP contribution in [0.5, 0.6) is 0 Å². The van der Waals surface area contributed by atoms with Gasteiger partial charge in [0.1, 0.15) is 0 Å². The summed E-state index contributed by atoms with van der Waals surface area (Å²) in [6.07, 6.45) is 1.91. The lowest BCUT2D eigenvalue weighted by Crippen LogP contribution is -2.35. The number of aromatic nitrogens is 2. The van der Waals surface area contributed by atoms with Crippen LogP contribution in [0.4, 0.5) is 0 Å². The molecule has 6 nitrogen and oxygen atoms in total. The molecular weight excluding hydrogens is 314 g/mol. The van der Waals surface area contributed by atoms with Crippen molar-refractivity contribution >= 4 is 17.2 Å². The number of hydrogen-bond donors (Lipinski definition) is 0. The van der Waals surface area contributed by atoms with Crippen molar-refractivity contribution in [3.63, 3.8) is 0 Å². The zero-order chi connectivity index (χ0) is 16.1. The Balaban J connectivity index is 1.51. The van der Waals surface area contributed by atoms with Gasteiger partial charge in [0.25, 0.3) is 0 Å². The SMILES string of the molecule is CCN(C[C@H]1CCOC1)C(=O)CCc1nc(-c2ccsc2)no1. The van der Waals surface area contributed by atoms with E-state index in [9.17, 15) is 4.79 Å². The Morgan fingerprint density at radius 2 is 2.43 bits per heavy atom. The fourth-order valence-electron chi connectivity index (χ4n) is 2.68. The van der Waals surface area contributed by atoms with E-state index in [1.54, 1.807) is 11.3 Å². The smallest absolute Gasteiger partial charge is 0.227 e. The summed E-state index contributed by atoms with van der Waals surface area (Å²) < 4.78 is 10.6. The third-order valence-corrected chi connectivity index (χ3v) is 4.72. The van der Waals surface area contributed by atoms with E-state index in [4.69, 9.17) is 9.26 Å². The van der Waals surface area contributed by atoms with E-state index in [1.165, 1.54) is 0 Å². The summed E-state index contributed by atoms with van der Waals surface area (Å²) in [6, 6.07) is 1.95. The zero-order valence-electron chi connectivity index (χ0n) is 13.2. The van der Waals surface area contributed by atoms with Crippen molar-refractivity contribution in [2.24, 2.45) is 5.92 Å². The number of ether oxygens (including phenoxy) is 1. The number of rotatable bonds is 7. The van der Waals surface area contributed by atoms with Crippen LogP contribution in [-0.2, 0) is 16.0 Å². The largest absolute Gasteiger partial charge is 0.381 e. The van der Waals surface area contributed by atoms with Gasteiger partial charge in [-0.1, -0.05) is 5.16 Å². The molecule has 124 valence electrons. The van der Waals surface area contributed by atoms with Gasteiger partial charge >= 0.3 is 0 Å². The Kier molecular flexibility index (Phi) is 5.40. The summed E-state index contributed by atoms with van der Waals surface area (Å²) in [5.41, 5.74) is 0.952. The minimum Gasteiger partial charge on any atom is -0.381 e. The maximum atomic E-state index is 12.4. The van der Waals surface area contributed by atoms with Gasteiger partial charge in [0.15, 0.2) is 0 Å². The number of carbonyl (C=O) groups is 1. The average Bonchev–Trinajstić information content (AvgIpc) is 3.32. The number of carbonyl (C=O) groups excluding carboxylic acids is 1. The van der Waals surface area contributed by atoms with Crippen LogP contribution in [0.1, 0.15) is 25.7 Å². The van der Waals surface area contributed by atoms with Crippen LogP contribution in [-0.4, -0.2) is 47.3 Å². The number of nitrogens with zero attached hydrogens (tertiary/aromatic N) is 3. The molecule has 0 saturated carbocycles. The second-order valence-corrected chi connectivity index (χ2v) is 6.47. The molecule has 0 radical (unpaired) electrons. The number of thiophene rings is 1. The molecule has 0 spiro atoms. The molecular formula is C16H21N3O3S. The van der Waals surface area contributed by atoms with Crippen LogP contribution in [0.15, 0.2) is 21.3 Å². The molecule has 0 bridgehead atoms. The van der Waals surface area contributed by atoms with Gasteiger partial charge < -0.3 is 14.2 Å². The molecule has 2 aromatic heterocycles. The third kappa shape index (κ3) is 4.17. The van der Waals surface area contributed by atoms with E-state index in [2.05, 4.69) is 10.1 Å². The van der Waals surface area contributed by atoms with Gasteiger partial charge in [0.2, 0.25) is 17.6 Å². The molecule has 1 atom stereocenters. The van der Waals surface area contributed by atoms with E-state index in [-0.39, 0.29) is 5.91 Å². The van der Waals surface area contributed by atoms with E-state index in [0.29, 0.717) is 30.5 Å². The molecule has 3 heterocycles. The van der Waals surface area contributed by atoms with Crippen LogP contribution < -0.4 is 0 Å². The Hall–Kier alpha value is -1.73. The highest BCUT2D eigenvalue weighted by atomic mass is 32.1. The highest BCUT2D eigenvalue weighted by Crippen LogP contribution is 2.19. The Labute approximate surface area is 139 Å². The molecule has 0 aromatic carbocycles. The summed E-state index contributed by atoms with van der Waals surface area (Å²) in [5.74, 6) is 1.70. The third-order valence-electron chi connectivity index (χ3n) is 4.04. The lowest BCUT2D eigenvalue weighted by atomic mass is 10.1. The van der Waals surface area contributed by atoms with Gasteiger partial charge in [-0.3, -0.25) is 4.79 Å². The molecule has 7 heteroatoms. The first-order valence-electron chi connectivity index (χ1n) is 7.97. The van der Waals surface area contributed by atoms with Crippen LogP contribution >= 0.6 is 11.3 Å². The molecule has 1 amide bonds. The van der Waals surface area contributed by atoms with Crippen molar-refractivity contribution in [2.75, 3.05) is 26.3 Å². The lowest BCUT2D eigenvalue weighted by molar-refractivity contribution is -0.131. The van der Waals surface area contributed by atoms with Gasteiger partial charge in [0, 0.05) is 49.4 Å². The molecule has 2 aromatic rings. The highest BCUT2D eigenvalue weighted by molar-refractivity contribution is 7.08. The number of amides is 1. The predicted molar refractivity (Wildman–Crippen MR) is 87.1 cm³/mol. The summed E-state index contributed by atoms with van der Waals surface area (Å²) >= 11 is 1.59. The van der Waals surface area contributed by atoms with Gasteiger partial charge in [0.05, 0.1) is 6.61 Å². The quantitative estimate of drug-likeness (QED) is 0.778. The topological polar surface area (TPSA) is 68.5 Å². The number of hydrogen-bond acceptors (Lipinski definition) is 6. The van der Waals surface area contributed by atoms with Crippen molar-refractivity contribution in [1.82, 2.24) is 15.0 Å². The van der Waals surface area contributed by atoms with E-state index in [1.807, 2.05) is 28.7 Å². The molecule has 0 N–H and O–H groups in total. The van der Waals surface area contributed by atoms with Gasteiger partial charge in [-0.05, 0) is 24.8 Å². The zero-order valence-corrected chi connectivity index (χ0v) is 14.1. The van der Waals surface area contributed by atoms with Crippen LogP contribution in [0.2, 0.25) is 0 Å². The van der Waals surface area contributed by atoms with Crippen LogP contribution in [0, 0.1) is 5.92 Å². The molecule has 1 aliphatic heterocycles. The standard InChI is InChI=1S/C16H21N3O3S/c1-2-19(9-12-5-7-21-10-12)15(20)4-3-14-17-16(18-22-14)13-6-8-23-11-13/h6,8,11-12H,2-5,7,9-10H2,1H3/t12-/m1/s1. The van der Waals surface area contributed by atoms with E-state index >= 15 is 0 Å². The van der Waals surface area contributed by atoms with Gasteiger partial charge in [-0.15, -0.1) is 0 Å². The normalized spacial score (nSPS) is 17.5. The van der Waals surface area contributed by atoms with Crippen molar-refractivity contribution in [1.29, 1.82) is 0 Å². The van der Waals surface area contributed by atoms with Gasteiger partial charge in [-0.25, -0.2) is 0 Å². The van der Waals surface area contributed by atoms with Gasteiger partial charge in [-0.2, -0.15) is 16.3 Å². The fourth-order valence-corrected chi connectivity index (χ4v) is 3.32. The fraction of sp³-hybridized carbons (Fsp3) is 0.562. The van der Waals surface area contributed by atoms with Crippen molar-refractivity contribution in [2.45, 2.75) is 26.2 Å². The minimum absolute atomic E-state index is 0.134. The Morgan fingerprint density at radius 1 is 1.52 bits per heavy atom. The highest BCUT2D eigenvalue weighted by Gasteiger charge is 2.22. The molecule has 23 heavy (non-hydrogen) atoms. The second kappa shape index (κ2) is 7.70. The first-order valence-corrected chi connectivity index (χ1v) is 8.91. The Morgan fingerprint density at radius 3 is 3.13 bits per heavy atom. The summed E-state index contributed by atoms with van der Waals surface area (Å²) in [5, 5.41) is 7.91. The molecule has 1 fully saturated rings.